The Morgan fingerprint density at radius 1 is 1.30 bits per heavy atom. The molecule has 3 heteroatoms. The lowest BCUT2D eigenvalue weighted by Gasteiger charge is -2.40. The summed E-state index contributed by atoms with van der Waals surface area (Å²) in [7, 11) is 0. The third-order valence-electron chi connectivity index (χ3n) is 5.72. The van der Waals surface area contributed by atoms with Gasteiger partial charge in [0.2, 0.25) is 5.78 Å². The highest BCUT2D eigenvalue weighted by Crippen LogP contribution is 2.57. The summed E-state index contributed by atoms with van der Waals surface area (Å²) in [6.45, 7) is 11.5. The Bertz CT molecular complexity index is 773. The lowest BCUT2D eigenvalue weighted by atomic mass is 9.66. The fourth-order valence-electron chi connectivity index (χ4n) is 4.58. The SMILES string of the molecule is C=Cc1c(C)ccc2c1C(=O)C1=C3C(C)(CCCOC32C)CO1. The summed E-state index contributed by atoms with van der Waals surface area (Å²) in [6, 6.07) is 4.10. The van der Waals surface area contributed by atoms with Crippen LogP contribution in [-0.2, 0) is 15.1 Å². The molecule has 1 saturated heterocycles. The maximum atomic E-state index is 13.2. The van der Waals surface area contributed by atoms with E-state index in [1.807, 2.05) is 13.0 Å². The smallest absolute Gasteiger partial charge is 0.228 e. The van der Waals surface area contributed by atoms with E-state index in [0.29, 0.717) is 24.5 Å². The molecular weight excluding hydrogens is 288 g/mol. The Morgan fingerprint density at radius 2 is 2.09 bits per heavy atom. The maximum absolute atomic E-state index is 13.2. The van der Waals surface area contributed by atoms with Crippen molar-refractivity contribution in [3.8, 4) is 0 Å². The molecule has 3 nitrogen and oxygen atoms in total. The van der Waals surface area contributed by atoms with Crippen LogP contribution in [0.1, 0.15) is 53.7 Å². The number of benzene rings is 1. The average molecular weight is 310 g/mol. The Hall–Kier alpha value is -1.87. The van der Waals surface area contributed by atoms with Crippen molar-refractivity contribution in [2.75, 3.05) is 13.2 Å². The summed E-state index contributed by atoms with van der Waals surface area (Å²) in [5.74, 6) is 0.499. The molecule has 2 heterocycles. The van der Waals surface area contributed by atoms with E-state index in [4.69, 9.17) is 9.47 Å². The van der Waals surface area contributed by atoms with Gasteiger partial charge in [-0.2, -0.15) is 0 Å². The largest absolute Gasteiger partial charge is 0.488 e. The first-order valence-electron chi connectivity index (χ1n) is 8.25. The quantitative estimate of drug-likeness (QED) is 0.781. The average Bonchev–Trinajstić information content (AvgIpc) is 2.81. The van der Waals surface area contributed by atoms with Crippen molar-refractivity contribution in [1.29, 1.82) is 0 Å². The van der Waals surface area contributed by atoms with Gasteiger partial charge in [0.15, 0.2) is 5.76 Å². The van der Waals surface area contributed by atoms with Crippen LogP contribution in [0.3, 0.4) is 0 Å². The zero-order chi connectivity index (χ0) is 16.4. The van der Waals surface area contributed by atoms with E-state index in [9.17, 15) is 4.79 Å². The Balaban J connectivity index is 2.08. The van der Waals surface area contributed by atoms with Crippen LogP contribution in [0.25, 0.3) is 6.08 Å². The summed E-state index contributed by atoms with van der Waals surface area (Å²) in [5.41, 5.74) is 3.94. The fraction of sp³-hybridized carbons (Fsp3) is 0.450. The molecule has 0 bridgehead atoms. The Kier molecular flexibility index (Phi) is 2.92. The van der Waals surface area contributed by atoms with Crippen molar-refractivity contribution in [2.45, 2.75) is 39.2 Å². The van der Waals surface area contributed by atoms with Crippen LogP contribution in [-0.4, -0.2) is 19.0 Å². The van der Waals surface area contributed by atoms with Crippen LogP contribution in [0.4, 0.5) is 0 Å². The number of carbonyl (C=O) groups excluding carboxylic acids is 1. The molecule has 3 aliphatic rings. The lowest BCUT2D eigenvalue weighted by Crippen LogP contribution is -2.39. The maximum Gasteiger partial charge on any atom is 0.228 e. The zero-order valence-electron chi connectivity index (χ0n) is 14.0. The van der Waals surface area contributed by atoms with Gasteiger partial charge in [-0.25, -0.2) is 0 Å². The monoisotopic (exact) mass is 310 g/mol. The number of rotatable bonds is 1. The summed E-state index contributed by atoms with van der Waals surface area (Å²) >= 11 is 0. The van der Waals surface area contributed by atoms with Crippen molar-refractivity contribution in [3.63, 3.8) is 0 Å². The van der Waals surface area contributed by atoms with Crippen molar-refractivity contribution in [2.24, 2.45) is 5.41 Å². The summed E-state index contributed by atoms with van der Waals surface area (Å²) in [4.78, 5) is 13.2. The van der Waals surface area contributed by atoms with Crippen LogP contribution in [0.15, 0.2) is 30.0 Å². The molecule has 1 aliphatic carbocycles. The number of fused-ring (bicyclic) bond motifs is 2. The van der Waals surface area contributed by atoms with E-state index < -0.39 is 5.60 Å². The predicted octanol–water partition coefficient (Wildman–Crippen LogP) is 4.15. The first-order valence-corrected chi connectivity index (χ1v) is 8.25. The number of ketones is 1. The molecule has 0 radical (unpaired) electrons. The number of ether oxygens (including phenoxy) is 2. The van der Waals surface area contributed by atoms with Crippen LogP contribution >= 0.6 is 0 Å². The van der Waals surface area contributed by atoms with Crippen molar-refractivity contribution in [1.82, 2.24) is 0 Å². The van der Waals surface area contributed by atoms with Crippen molar-refractivity contribution < 1.29 is 14.3 Å². The molecule has 2 atom stereocenters. The summed E-state index contributed by atoms with van der Waals surface area (Å²) in [5, 5.41) is 0. The van der Waals surface area contributed by atoms with Crippen LogP contribution in [0.5, 0.6) is 0 Å². The van der Waals surface area contributed by atoms with Gasteiger partial charge in [0, 0.05) is 23.2 Å². The molecule has 120 valence electrons. The van der Waals surface area contributed by atoms with E-state index in [0.717, 1.165) is 35.1 Å². The summed E-state index contributed by atoms with van der Waals surface area (Å²) in [6.07, 6.45) is 3.74. The number of Topliss-reactive ketones (excluding diaryl/α,β-unsaturated/α-hetero) is 1. The molecule has 1 fully saturated rings. The van der Waals surface area contributed by atoms with Gasteiger partial charge >= 0.3 is 0 Å². The highest BCUT2D eigenvalue weighted by molar-refractivity contribution is 6.13. The van der Waals surface area contributed by atoms with Gasteiger partial charge in [-0.3, -0.25) is 4.79 Å². The summed E-state index contributed by atoms with van der Waals surface area (Å²) < 4.78 is 12.2. The molecule has 2 aliphatic heterocycles. The van der Waals surface area contributed by atoms with Crippen LogP contribution in [0.2, 0.25) is 0 Å². The third kappa shape index (κ3) is 1.71. The Labute approximate surface area is 137 Å². The molecule has 1 aromatic carbocycles. The van der Waals surface area contributed by atoms with E-state index in [1.165, 1.54) is 0 Å². The van der Waals surface area contributed by atoms with Gasteiger partial charge in [0.25, 0.3) is 0 Å². The minimum Gasteiger partial charge on any atom is -0.488 e. The first kappa shape index (κ1) is 14.7. The minimum atomic E-state index is -0.591. The highest BCUT2D eigenvalue weighted by Gasteiger charge is 2.56. The topological polar surface area (TPSA) is 35.5 Å². The van der Waals surface area contributed by atoms with Gasteiger partial charge in [0.1, 0.15) is 5.60 Å². The number of allylic oxidation sites excluding steroid dienone is 1. The molecular formula is C20H22O3. The third-order valence-corrected chi connectivity index (χ3v) is 5.72. The van der Waals surface area contributed by atoms with E-state index in [2.05, 4.69) is 26.5 Å². The molecule has 0 spiro atoms. The predicted molar refractivity (Wildman–Crippen MR) is 89.2 cm³/mol. The lowest BCUT2D eigenvalue weighted by molar-refractivity contribution is -0.00743. The molecule has 0 N–H and O–H groups in total. The number of hydrogen-bond acceptors (Lipinski definition) is 3. The molecule has 0 aromatic heterocycles. The number of carbonyl (C=O) groups is 1. The zero-order valence-corrected chi connectivity index (χ0v) is 14.0. The second kappa shape index (κ2) is 4.57. The minimum absolute atomic E-state index is 0.0136. The van der Waals surface area contributed by atoms with E-state index >= 15 is 0 Å². The molecule has 4 rings (SSSR count). The second-order valence-corrected chi connectivity index (χ2v) is 7.29. The fourth-order valence-corrected chi connectivity index (χ4v) is 4.58. The normalized spacial score (nSPS) is 32.0. The molecule has 0 saturated carbocycles. The van der Waals surface area contributed by atoms with Gasteiger partial charge in [-0.15, -0.1) is 0 Å². The number of hydrogen-bond donors (Lipinski definition) is 0. The first-order chi connectivity index (χ1) is 10.9. The number of aryl methyl sites for hydroxylation is 1. The van der Waals surface area contributed by atoms with Crippen molar-refractivity contribution >= 4 is 11.9 Å². The van der Waals surface area contributed by atoms with Gasteiger partial charge in [0.05, 0.1) is 6.61 Å². The standard InChI is InChI=1S/C20H22O3/c1-5-13-12(2)7-8-14-15(13)16(21)17-18-19(3,11-22-17)9-6-10-23-20(14,18)4/h5,7-8H,1,6,9-11H2,2-4H3. The molecule has 1 aromatic rings. The molecule has 0 amide bonds. The Morgan fingerprint density at radius 3 is 2.83 bits per heavy atom. The van der Waals surface area contributed by atoms with Crippen molar-refractivity contribution in [3.05, 3.63) is 52.3 Å². The second-order valence-electron chi connectivity index (χ2n) is 7.29. The molecule has 2 unspecified atom stereocenters. The highest BCUT2D eigenvalue weighted by atomic mass is 16.5. The van der Waals surface area contributed by atoms with Crippen LogP contribution in [0, 0.1) is 12.3 Å². The van der Waals surface area contributed by atoms with Crippen LogP contribution < -0.4 is 0 Å². The van der Waals surface area contributed by atoms with Gasteiger partial charge in [-0.1, -0.05) is 31.7 Å². The van der Waals surface area contributed by atoms with Gasteiger partial charge in [-0.05, 0) is 43.4 Å². The molecule has 23 heavy (non-hydrogen) atoms. The van der Waals surface area contributed by atoms with Gasteiger partial charge < -0.3 is 9.47 Å². The van der Waals surface area contributed by atoms with E-state index in [1.54, 1.807) is 6.08 Å². The van der Waals surface area contributed by atoms with E-state index in [-0.39, 0.29) is 11.2 Å².